The molecule has 0 N–H and O–H groups in total. The minimum atomic E-state index is -0.0615. The molecule has 3 fully saturated rings. The fourth-order valence-corrected chi connectivity index (χ4v) is 5.10. The van der Waals surface area contributed by atoms with Gasteiger partial charge in [-0.1, -0.05) is 6.07 Å². The van der Waals surface area contributed by atoms with Gasteiger partial charge in [-0.05, 0) is 43.7 Å². The maximum atomic E-state index is 12.9. The molecule has 132 valence electrons. The topological polar surface area (TPSA) is 42.0 Å². The fraction of sp³-hybridized carbons (Fsp3) is 0.722. The zero-order chi connectivity index (χ0) is 16.4. The number of carbonyl (C=O) groups excluding carboxylic acids is 1. The van der Waals surface area contributed by atoms with Crippen LogP contribution in [0.4, 0.5) is 0 Å². The van der Waals surface area contributed by atoms with Crippen LogP contribution in [0.15, 0.2) is 17.5 Å². The van der Waals surface area contributed by atoms with E-state index in [4.69, 9.17) is 9.47 Å². The largest absolute Gasteiger partial charge is 0.350 e. The fourth-order valence-electron chi connectivity index (χ4n) is 4.23. The summed E-state index contributed by atoms with van der Waals surface area (Å²) in [6, 6.07) is 4.53. The lowest BCUT2D eigenvalue weighted by atomic mass is 9.97. The molecule has 2 atom stereocenters. The van der Waals surface area contributed by atoms with Gasteiger partial charge in [0.05, 0.1) is 25.8 Å². The Labute approximate surface area is 147 Å². The van der Waals surface area contributed by atoms with Crippen LogP contribution in [0.1, 0.15) is 36.6 Å². The third-order valence-corrected chi connectivity index (χ3v) is 6.35. The molecule has 4 heterocycles. The summed E-state index contributed by atoms with van der Waals surface area (Å²) in [6.45, 7) is 4.76. The van der Waals surface area contributed by atoms with Crippen molar-refractivity contribution in [1.29, 1.82) is 0 Å². The second-order valence-electron chi connectivity index (χ2n) is 7.01. The molecule has 0 saturated carbocycles. The number of amides is 1. The Kier molecular flexibility index (Phi) is 5.17. The summed E-state index contributed by atoms with van der Waals surface area (Å²) in [5, 5.41) is 2.10. The molecule has 5 nitrogen and oxygen atoms in total. The molecule has 4 rings (SSSR count). The molecule has 0 aromatic carbocycles. The highest BCUT2D eigenvalue weighted by Gasteiger charge is 2.34. The smallest absolute Gasteiger partial charge is 0.237 e. The quantitative estimate of drug-likeness (QED) is 0.837. The monoisotopic (exact) mass is 350 g/mol. The highest BCUT2D eigenvalue weighted by atomic mass is 32.1. The Bertz CT molecular complexity index is 544. The number of thiophene rings is 1. The van der Waals surface area contributed by atoms with Crippen molar-refractivity contribution in [2.75, 3.05) is 39.4 Å². The van der Waals surface area contributed by atoms with Crippen molar-refractivity contribution in [2.24, 2.45) is 5.92 Å². The summed E-state index contributed by atoms with van der Waals surface area (Å²) in [6.07, 6.45) is 4.40. The van der Waals surface area contributed by atoms with Crippen LogP contribution >= 0.6 is 11.3 Å². The van der Waals surface area contributed by atoms with Gasteiger partial charge in [0.2, 0.25) is 5.91 Å². The number of rotatable bonds is 4. The van der Waals surface area contributed by atoms with E-state index in [0.717, 1.165) is 45.3 Å². The molecule has 1 amide bonds. The average Bonchev–Trinajstić information content (AvgIpc) is 3.35. The molecule has 24 heavy (non-hydrogen) atoms. The molecule has 0 bridgehead atoms. The van der Waals surface area contributed by atoms with E-state index in [2.05, 4.69) is 27.3 Å². The second-order valence-corrected chi connectivity index (χ2v) is 7.99. The van der Waals surface area contributed by atoms with Gasteiger partial charge in [0.1, 0.15) is 0 Å². The third kappa shape index (κ3) is 3.52. The SMILES string of the molecule is O=C(CN1CCCC(C2OCCO2)C1)N1CCCC1c1cccs1. The maximum Gasteiger partial charge on any atom is 0.237 e. The maximum absolute atomic E-state index is 12.9. The first kappa shape index (κ1) is 16.5. The van der Waals surface area contributed by atoms with Crippen LogP contribution < -0.4 is 0 Å². The van der Waals surface area contributed by atoms with Gasteiger partial charge in [-0.3, -0.25) is 9.69 Å². The lowest BCUT2D eigenvalue weighted by molar-refractivity contribution is -0.136. The van der Waals surface area contributed by atoms with Gasteiger partial charge in [0.25, 0.3) is 0 Å². The van der Waals surface area contributed by atoms with E-state index in [1.807, 2.05) is 0 Å². The Hall–Kier alpha value is -0.950. The number of carbonyl (C=O) groups is 1. The predicted molar refractivity (Wildman–Crippen MR) is 92.9 cm³/mol. The van der Waals surface area contributed by atoms with Crippen LogP contribution in [0, 0.1) is 5.92 Å². The summed E-state index contributed by atoms with van der Waals surface area (Å²) in [4.78, 5) is 18.6. The van der Waals surface area contributed by atoms with Crippen LogP contribution in [0.2, 0.25) is 0 Å². The normalized spacial score (nSPS) is 29.4. The molecule has 3 saturated heterocycles. The predicted octanol–water partition coefficient (Wildman–Crippen LogP) is 2.50. The molecule has 6 heteroatoms. The van der Waals surface area contributed by atoms with Gasteiger partial charge in [-0.2, -0.15) is 0 Å². The van der Waals surface area contributed by atoms with Gasteiger partial charge in [0, 0.05) is 23.9 Å². The van der Waals surface area contributed by atoms with E-state index < -0.39 is 0 Å². The van der Waals surface area contributed by atoms with Crippen molar-refractivity contribution < 1.29 is 14.3 Å². The first-order valence-corrected chi connectivity index (χ1v) is 9.97. The van der Waals surface area contributed by atoms with E-state index in [1.165, 1.54) is 4.88 Å². The molecule has 1 aromatic heterocycles. The van der Waals surface area contributed by atoms with Crippen LogP contribution in [0.25, 0.3) is 0 Å². The summed E-state index contributed by atoms with van der Waals surface area (Å²) in [5.74, 6) is 0.681. The Morgan fingerprint density at radius 1 is 1.21 bits per heavy atom. The number of likely N-dealkylation sites (tertiary alicyclic amines) is 2. The highest BCUT2D eigenvalue weighted by molar-refractivity contribution is 7.10. The number of hydrogen-bond donors (Lipinski definition) is 0. The van der Waals surface area contributed by atoms with E-state index in [-0.39, 0.29) is 12.2 Å². The molecule has 2 unspecified atom stereocenters. The van der Waals surface area contributed by atoms with E-state index in [0.29, 0.717) is 31.7 Å². The molecular weight excluding hydrogens is 324 g/mol. The van der Waals surface area contributed by atoms with Crippen molar-refractivity contribution in [2.45, 2.75) is 38.0 Å². The Morgan fingerprint density at radius 2 is 2.04 bits per heavy atom. The van der Waals surface area contributed by atoms with Crippen LogP contribution in [0.5, 0.6) is 0 Å². The van der Waals surface area contributed by atoms with Crippen LogP contribution in [-0.2, 0) is 14.3 Å². The van der Waals surface area contributed by atoms with Crippen molar-refractivity contribution >= 4 is 17.2 Å². The van der Waals surface area contributed by atoms with Gasteiger partial charge < -0.3 is 14.4 Å². The standard InChI is InChI=1S/C18H26N2O3S/c21-17(20-8-2-5-15(20)16-6-3-11-24-16)13-19-7-1-4-14(12-19)18-22-9-10-23-18/h3,6,11,14-15,18H,1-2,4-5,7-10,12-13H2. The van der Waals surface area contributed by atoms with Gasteiger partial charge >= 0.3 is 0 Å². The molecule has 0 spiro atoms. The number of ether oxygens (including phenoxy) is 2. The van der Waals surface area contributed by atoms with Crippen molar-refractivity contribution in [3.63, 3.8) is 0 Å². The lowest BCUT2D eigenvalue weighted by Gasteiger charge is -2.35. The summed E-state index contributed by atoms with van der Waals surface area (Å²) in [5.41, 5.74) is 0. The number of nitrogens with zero attached hydrogens (tertiary/aromatic N) is 2. The van der Waals surface area contributed by atoms with Gasteiger partial charge in [-0.25, -0.2) is 0 Å². The zero-order valence-corrected chi connectivity index (χ0v) is 14.9. The van der Waals surface area contributed by atoms with Gasteiger partial charge in [-0.15, -0.1) is 11.3 Å². The Balaban J connectivity index is 1.35. The minimum absolute atomic E-state index is 0.0615. The summed E-state index contributed by atoms with van der Waals surface area (Å²) >= 11 is 1.76. The lowest BCUT2D eigenvalue weighted by Crippen LogP contribution is -2.46. The number of piperidine rings is 1. The van der Waals surface area contributed by atoms with Crippen molar-refractivity contribution in [1.82, 2.24) is 9.80 Å². The van der Waals surface area contributed by atoms with Gasteiger partial charge in [0.15, 0.2) is 6.29 Å². The van der Waals surface area contributed by atoms with Crippen LogP contribution in [-0.4, -0.2) is 61.4 Å². The van der Waals surface area contributed by atoms with E-state index in [1.54, 1.807) is 11.3 Å². The number of hydrogen-bond acceptors (Lipinski definition) is 5. The summed E-state index contributed by atoms with van der Waals surface area (Å²) < 4.78 is 11.3. The molecule has 3 aliphatic rings. The van der Waals surface area contributed by atoms with E-state index >= 15 is 0 Å². The zero-order valence-electron chi connectivity index (χ0n) is 14.1. The first-order valence-electron chi connectivity index (χ1n) is 9.10. The van der Waals surface area contributed by atoms with E-state index in [9.17, 15) is 4.79 Å². The average molecular weight is 350 g/mol. The van der Waals surface area contributed by atoms with Crippen molar-refractivity contribution in [3.05, 3.63) is 22.4 Å². The van der Waals surface area contributed by atoms with Crippen molar-refractivity contribution in [3.8, 4) is 0 Å². The molecule has 3 aliphatic heterocycles. The third-order valence-electron chi connectivity index (χ3n) is 5.38. The second kappa shape index (κ2) is 7.52. The minimum Gasteiger partial charge on any atom is -0.350 e. The van der Waals surface area contributed by atoms with Crippen LogP contribution in [0.3, 0.4) is 0 Å². The molecule has 0 aliphatic carbocycles. The molecular formula is C18H26N2O3S. The highest BCUT2D eigenvalue weighted by Crippen LogP contribution is 2.34. The first-order chi connectivity index (χ1) is 11.8. The molecule has 0 radical (unpaired) electrons. The summed E-state index contributed by atoms with van der Waals surface area (Å²) in [7, 11) is 0. The molecule has 1 aromatic rings. The Morgan fingerprint density at radius 3 is 2.83 bits per heavy atom.